The second-order valence-electron chi connectivity index (χ2n) is 6.39. The summed E-state index contributed by atoms with van der Waals surface area (Å²) >= 11 is 0. The van der Waals surface area contributed by atoms with Crippen LogP contribution in [0.15, 0.2) is 79.1 Å². The van der Waals surface area contributed by atoms with Gasteiger partial charge in [0, 0.05) is 18.0 Å². The first kappa shape index (κ1) is 17.0. The van der Waals surface area contributed by atoms with Crippen molar-refractivity contribution in [2.24, 2.45) is 0 Å². The third kappa shape index (κ3) is 3.44. The zero-order valence-electron chi connectivity index (χ0n) is 15.0. The zero-order valence-corrected chi connectivity index (χ0v) is 15.0. The first-order valence-corrected chi connectivity index (χ1v) is 8.93. The highest BCUT2D eigenvalue weighted by atomic mass is 16.1. The Hall–Kier alpha value is -3.47. The van der Waals surface area contributed by atoms with Crippen molar-refractivity contribution >= 4 is 16.9 Å². The lowest BCUT2D eigenvalue weighted by Crippen LogP contribution is -2.25. The zero-order chi connectivity index (χ0) is 18.6. The molecule has 134 valence electrons. The van der Waals surface area contributed by atoms with Gasteiger partial charge in [-0.1, -0.05) is 42.5 Å². The molecule has 27 heavy (non-hydrogen) atoms. The molecule has 0 bridgehead atoms. The average Bonchev–Trinajstić information content (AvgIpc) is 3.11. The molecule has 1 amide bonds. The smallest absolute Gasteiger partial charge is 0.251 e. The van der Waals surface area contributed by atoms with Gasteiger partial charge in [-0.05, 0) is 36.8 Å². The van der Waals surface area contributed by atoms with E-state index in [0.717, 1.165) is 16.9 Å². The molecule has 0 aliphatic rings. The first-order valence-electron chi connectivity index (χ1n) is 8.93. The molecule has 5 heteroatoms. The number of fused-ring (bicyclic) bond motifs is 1. The summed E-state index contributed by atoms with van der Waals surface area (Å²) < 4.78 is 2.19. The Morgan fingerprint density at radius 3 is 2.48 bits per heavy atom. The Morgan fingerprint density at radius 1 is 1.00 bits per heavy atom. The number of imidazole rings is 1. The van der Waals surface area contributed by atoms with E-state index in [0.29, 0.717) is 12.1 Å². The molecule has 0 spiro atoms. The molecule has 2 aromatic carbocycles. The van der Waals surface area contributed by atoms with Crippen LogP contribution in [0.25, 0.3) is 11.0 Å². The molecule has 0 fully saturated rings. The topological polar surface area (TPSA) is 59.8 Å². The molecule has 2 aromatic heterocycles. The monoisotopic (exact) mass is 356 g/mol. The summed E-state index contributed by atoms with van der Waals surface area (Å²) in [6.07, 6.45) is 3.23. The van der Waals surface area contributed by atoms with Crippen molar-refractivity contribution in [2.75, 3.05) is 0 Å². The maximum absolute atomic E-state index is 12.4. The Balaban J connectivity index is 1.67. The second-order valence-corrected chi connectivity index (χ2v) is 6.39. The van der Waals surface area contributed by atoms with Gasteiger partial charge < -0.3 is 9.88 Å². The molecule has 0 radical (unpaired) electrons. The highest BCUT2D eigenvalue weighted by molar-refractivity contribution is 5.93. The molecule has 1 N–H and O–H groups in total. The van der Waals surface area contributed by atoms with Gasteiger partial charge in [0.15, 0.2) is 0 Å². The fraction of sp³-hybridized carbons (Fsp3) is 0.136. The lowest BCUT2D eigenvalue weighted by Gasteiger charge is -2.18. The third-order valence-corrected chi connectivity index (χ3v) is 4.69. The first-order chi connectivity index (χ1) is 13.2. The summed E-state index contributed by atoms with van der Waals surface area (Å²) in [4.78, 5) is 21.1. The average molecular weight is 356 g/mol. The lowest BCUT2D eigenvalue weighted by atomic mass is 10.1. The van der Waals surface area contributed by atoms with Crippen LogP contribution >= 0.6 is 0 Å². The quantitative estimate of drug-likeness (QED) is 0.589. The van der Waals surface area contributed by atoms with Gasteiger partial charge in [0.25, 0.3) is 5.91 Å². The van der Waals surface area contributed by atoms with Crippen molar-refractivity contribution in [1.29, 1.82) is 0 Å². The van der Waals surface area contributed by atoms with E-state index in [1.807, 2.05) is 36.4 Å². The molecule has 1 atom stereocenters. The van der Waals surface area contributed by atoms with E-state index in [4.69, 9.17) is 4.98 Å². The van der Waals surface area contributed by atoms with E-state index in [2.05, 4.69) is 40.0 Å². The molecule has 5 nitrogen and oxygen atoms in total. The van der Waals surface area contributed by atoms with Crippen molar-refractivity contribution in [3.8, 4) is 0 Å². The van der Waals surface area contributed by atoms with Crippen molar-refractivity contribution in [2.45, 2.75) is 19.5 Å². The Bertz CT molecular complexity index is 1060. The normalized spacial score (nSPS) is 12.0. The number of aromatic nitrogens is 3. The maximum Gasteiger partial charge on any atom is 0.251 e. The number of para-hydroxylation sites is 2. The Kier molecular flexibility index (Phi) is 4.66. The number of hydrogen-bond acceptors (Lipinski definition) is 3. The summed E-state index contributed by atoms with van der Waals surface area (Å²) in [6.45, 7) is 2.50. The number of pyridine rings is 1. The van der Waals surface area contributed by atoms with Crippen molar-refractivity contribution in [3.05, 3.63) is 96.1 Å². The molecule has 0 aliphatic carbocycles. The molecule has 4 aromatic rings. The number of carbonyl (C=O) groups is 1. The minimum atomic E-state index is -0.136. The molecule has 4 rings (SSSR count). The van der Waals surface area contributed by atoms with Gasteiger partial charge in [0.05, 0.1) is 23.6 Å². The van der Waals surface area contributed by atoms with Crippen LogP contribution in [0.1, 0.15) is 34.7 Å². The number of amides is 1. The minimum absolute atomic E-state index is 0.103. The molecule has 0 saturated carbocycles. The van der Waals surface area contributed by atoms with E-state index in [1.54, 1.807) is 24.5 Å². The molecule has 2 heterocycles. The number of rotatable bonds is 5. The highest BCUT2D eigenvalue weighted by Gasteiger charge is 2.17. The van der Waals surface area contributed by atoms with Crippen molar-refractivity contribution in [1.82, 2.24) is 19.9 Å². The van der Waals surface area contributed by atoms with Gasteiger partial charge in [0.1, 0.15) is 5.82 Å². The van der Waals surface area contributed by atoms with E-state index in [1.165, 1.54) is 5.56 Å². The van der Waals surface area contributed by atoms with Gasteiger partial charge >= 0.3 is 0 Å². The van der Waals surface area contributed by atoms with E-state index >= 15 is 0 Å². The van der Waals surface area contributed by atoms with Crippen LogP contribution in [-0.4, -0.2) is 20.4 Å². The number of carbonyl (C=O) groups excluding carboxylic acids is 1. The van der Waals surface area contributed by atoms with Gasteiger partial charge in [0.2, 0.25) is 0 Å². The summed E-state index contributed by atoms with van der Waals surface area (Å²) in [6, 6.07) is 21.9. The summed E-state index contributed by atoms with van der Waals surface area (Å²) in [5.41, 5.74) is 3.77. The maximum atomic E-state index is 12.4. The van der Waals surface area contributed by atoms with Gasteiger partial charge in [-0.15, -0.1) is 0 Å². The molecule has 0 saturated heterocycles. The summed E-state index contributed by atoms with van der Waals surface area (Å²) in [7, 11) is 0. The molecule has 1 unspecified atom stereocenters. The number of nitrogens with zero attached hydrogens (tertiary/aromatic N) is 3. The Labute approximate surface area is 157 Å². The van der Waals surface area contributed by atoms with Crippen LogP contribution in [0.2, 0.25) is 0 Å². The molecular weight excluding hydrogens is 336 g/mol. The lowest BCUT2D eigenvalue weighted by molar-refractivity contribution is 0.0949. The fourth-order valence-electron chi connectivity index (χ4n) is 3.30. The standard InChI is InChI=1S/C22H20N4O/c1-16(17-7-3-2-4-8-17)26-20-10-6-5-9-19(20)25-21(26)15-24-22(27)18-11-13-23-14-12-18/h2-14,16H,15H2,1H3,(H,24,27). The Morgan fingerprint density at radius 2 is 1.70 bits per heavy atom. The van der Waals surface area contributed by atoms with Crippen LogP contribution in [0.4, 0.5) is 0 Å². The van der Waals surface area contributed by atoms with E-state index < -0.39 is 0 Å². The van der Waals surface area contributed by atoms with Crippen LogP contribution in [0, 0.1) is 0 Å². The second kappa shape index (κ2) is 7.41. The van der Waals surface area contributed by atoms with Crippen LogP contribution < -0.4 is 5.32 Å². The van der Waals surface area contributed by atoms with E-state index in [-0.39, 0.29) is 11.9 Å². The molecular formula is C22H20N4O. The van der Waals surface area contributed by atoms with Crippen molar-refractivity contribution in [3.63, 3.8) is 0 Å². The van der Waals surface area contributed by atoms with Gasteiger partial charge in [-0.25, -0.2) is 4.98 Å². The number of nitrogens with one attached hydrogen (secondary N) is 1. The summed E-state index contributed by atoms with van der Waals surface area (Å²) in [5.74, 6) is 0.693. The largest absolute Gasteiger partial charge is 0.345 e. The van der Waals surface area contributed by atoms with Crippen LogP contribution in [0.3, 0.4) is 0 Å². The fourth-order valence-corrected chi connectivity index (χ4v) is 3.30. The molecule has 0 aliphatic heterocycles. The van der Waals surface area contributed by atoms with Crippen LogP contribution in [0.5, 0.6) is 0 Å². The number of hydrogen-bond donors (Lipinski definition) is 1. The van der Waals surface area contributed by atoms with Crippen molar-refractivity contribution < 1.29 is 4.79 Å². The van der Waals surface area contributed by atoms with Gasteiger partial charge in [-0.3, -0.25) is 9.78 Å². The minimum Gasteiger partial charge on any atom is -0.345 e. The SMILES string of the molecule is CC(c1ccccc1)n1c(CNC(=O)c2ccncc2)nc2ccccc21. The van der Waals surface area contributed by atoms with Gasteiger partial charge in [-0.2, -0.15) is 0 Å². The third-order valence-electron chi connectivity index (χ3n) is 4.69. The summed E-state index contributed by atoms with van der Waals surface area (Å²) in [5, 5.41) is 2.97. The highest BCUT2D eigenvalue weighted by Crippen LogP contribution is 2.26. The predicted octanol–water partition coefficient (Wildman–Crippen LogP) is 3.97. The predicted molar refractivity (Wildman–Crippen MR) is 105 cm³/mol. The van der Waals surface area contributed by atoms with Crippen LogP contribution in [-0.2, 0) is 6.54 Å². The van der Waals surface area contributed by atoms with E-state index in [9.17, 15) is 4.79 Å². The number of benzene rings is 2.